The highest BCUT2D eigenvalue weighted by molar-refractivity contribution is 5.49. The molecule has 0 bridgehead atoms. The van der Waals surface area contributed by atoms with Crippen molar-refractivity contribution in [2.24, 2.45) is 0 Å². The summed E-state index contributed by atoms with van der Waals surface area (Å²) < 4.78 is 5.78. The number of nitrogens with two attached hydrogens (primary N) is 1. The zero-order valence-corrected chi connectivity index (χ0v) is 15.9. The van der Waals surface area contributed by atoms with Gasteiger partial charge in [-0.05, 0) is 17.2 Å². The number of benzene rings is 2. The molecule has 2 N–H and O–H groups in total. The number of anilines is 2. The van der Waals surface area contributed by atoms with Crippen LogP contribution in [0.25, 0.3) is 0 Å². The molecule has 0 radical (unpaired) electrons. The quantitative estimate of drug-likeness (QED) is 0.577. The van der Waals surface area contributed by atoms with Crippen LogP contribution in [0.4, 0.5) is 11.8 Å². The molecule has 5 rings (SSSR count). The van der Waals surface area contributed by atoms with Gasteiger partial charge >= 0.3 is 0 Å². The molecule has 0 aliphatic carbocycles. The Morgan fingerprint density at radius 1 is 0.931 bits per heavy atom. The number of fused-ring (bicyclic) bond motifs is 1. The van der Waals surface area contributed by atoms with Gasteiger partial charge in [0.05, 0.1) is 5.92 Å². The number of hydrogen-bond acceptors (Lipinski definition) is 6. The fraction of sp³-hybridized carbons (Fsp3) is 0.174. The summed E-state index contributed by atoms with van der Waals surface area (Å²) in [6, 6.07) is 22.8. The van der Waals surface area contributed by atoms with Gasteiger partial charge in [-0.15, -0.1) is 0 Å². The van der Waals surface area contributed by atoms with Crippen molar-refractivity contribution in [3.63, 3.8) is 0 Å². The minimum atomic E-state index is 0.0142. The molecule has 0 saturated carbocycles. The molecule has 0 atom stereocenters. The van der Waals surface area contributed by atoms with Crippen molar-refractivity contribution in [2.75, 3.05) is 17.2 Å². The summed E-state index contributed by atoms with van der Waals surface area (Å²) in [5.41, 5.74) is 10.3. The molecule has 0 fully saturated rings. The first-order valence-corrected chi connectivity index (χ1v) is 9.70. The molecular formula is C23H21N5O. The van der Waals surface area contributed by atoms with Gasteiger partial charge in [0.25, 0.3) is 0 Å². The summed E-state index contributed by atoms with van der Waals surface area (Å²) in [5.74, 6) is 2.08. The number of rotatable bonds is 4. The van der Waals surface area contributed by atoms with Crippen molar-refractivity contribution >= 4 is 11.8 Å². The Labute approximate surface area is 169 Å². The highest BCUT2D eigenvalue weighted by atomic mass is 16.5. The molecule has 144 valence electrons. The van der Waals surface area contributed by atoms with Crippen LogP contribution in [-0.4, -0.2) is 21.7 Å². The van der Waals surface area contributed by atoms with Crippen molar-refractivity contribution in [3.05, 3.63) is 101 Å². The van der Waals surface area contributed by atoms with Gasteiger partial charge in [-0.1, -0.05) is 65.8 Å². The molecule has 2 aromatic carbocycles. The Morgan fingerprint density at radius 2 is 1.62 bits per heavy atom. The summed E-state index contributed by atoms with van der Waals surface area (Å²) in [7, 11) is 0. The molecule has 2 aromatic heterocycles. The third kappa shape index (κ3) is 3.33. The topological polar surface area (TPSA) is 81.1 Å². The van der Waals surface area contributed by atoms with Gasteiger partial charge in [-0.2, -0.15) is 4.98 Å². The molecule has 1 aliphatic rings. The smallest absolute Gasteiger partial charge is 0.221 e. The first-order chi connectivity index (χ1) is 14.3. The van der Waals surface area contributed by atoms with Crippen LogP contribution in [-0.2, 0) is 13.0 Å². The Balaban J connectivity index is 1.57. The SMILES string of the molecule is Nc1nccc(N2CCc3onc(C(c4ccccc4)c4ccccc4)c3C2)n1. The Morgan fingerprint density at radius 3 is 2.28 bits per heavy atom. The van der Waals surface area contributed by atoms with E-state index in [0.29, 0.717) is 6.54 Å². The minimum absolute atomic E-state index is 0.0142. The van der Waals surface area contributed by atoms with Crippen LogP contribution in [0.5, 0.6) is 0 Å². The third-order valence-corrected chi connectivity index (χ3v) is 5.38. The zero-order chi connectivity index (χ0) is 19.6. The fourth-order valence-electron chi connectivity index (χ4n) is 3.99. The van der Waals surface area contributed by atoms with Crippen LogP contribution in [0.3, 0.4) is 0 Å². The second-order valence-electron chi connectivity index (χ2n) is 7.17. The van der Waals surface area contributed by atoms with E-state index in [-0.39, 0.29) is 11.9 Å². The molecule has 0 amide bonds. The minimum Gasteiger partial charge on any atom is -0.368 e. The first-order valence-electron chi connectivity index (χ1n) is 9.70. The standard InChI is InChI=1S/C23H21N5O/c24-23-25-13-11-20(26-23)28-14-12-19-18(15-28)22(27-29-19)21(16-7-3-1-4-8-16)17-9-5-2-6-10-17/h1-11,13,21H,12,14-15H2,(H2,24,25,26). The molecule has 4 aromatic rings. The molecular weight excluding hydrogens is 362 g/mol. The second-order valence-corrected chi connectivity index (χ2v) is 7.17. The predicted octanol–water partition coefficient (Wildman–Crippen LogP) is 3.79. The summed E-state index contributed by atoms with van der Waals surface area (Å²) in [6.07, 6.45) is 2.47. The molecule has 0 saturated heterocycles. The van der Waals surface area contributed by atoms with E-state index in [1.807, 2.05) is 18.2 Å². The van der Waals surface area contributed by atoms with Crippen LogP contribution in [0.15, 0.2) is 77.4 Å². The van der Waals surface area contributed by atoms with Gasteiger partial charge in [-0.25, -0.2) is 4.98 Å². The lowest BCUT2D eigenvalue weighted by Gasteiger charge is -2.28. The van der Waals surface area contributed by atoms with E-state index in [2.05, 4.69) is 68.6 Å². The molecule has 0 unspecified atom stereocenters. The zero-order valence-electron chi connectivity index (χ0n) is 15.9. The number of aromatic nitrogens is 3. The molecule has 1 aliphatic heterocycles. The van der Waals surface area contributed by atoms with Gasteiger partial charge in [0.15, 0.2) is 0 Å². The molecule has 29 heavy (non-hydrogen) atoms. The fourth-order valence-corrected chi connectivity index (χ4v) is 3.99. The van der Waals surface area contributed by atoms with Crippen molar-refractivity contribution in [2.45, 2.75) is 18.9 Å². The summed E-state index contributed by atoms with van der Waals surface area (Å²) >= 11 is 0. The van der Waals surface area contributed by atoms with Crippen molar-refractivity contribution < 1.29 is 4.52 Å². The summed E-state index contributed by atoms with van der Waals surface area (Å²) in [6.45, 7) is 1.49. The molecule has 0 spiro atoms. The lowest BCUT2D eigenvalue weighted by molar-refractivity contribution is 0.372. The average molecular weight is 383 g/mol. The van der Waals surface area contributed by atoms with Gasteiger partial charge < -0.3 is 15.2 Å². The van der Waals surface area contributed by atoms with E-state index in [4.69, 9.17) is 10.3 Å². The first kappa shape index (κ1) is 17.4. The monoisotopic (exact) mass is 383 g/mol. The largest absolute Gasteiger partial charge is 0.368 e. The second kappa shape index (κ2) is 7.39. The Bertz CT molecular complexity index is 1070. The van der Waals surface area contributed by atoms with Gasteiger partial charge in [0, 0.05) is 31.3 Å². The summed E-state index contributed by atoms with van der Waals surface area (Å²) in [4.78, 5) is 10.6. The summed E-state index contributed by atoms with van der Waals surface area (Å²) in [5, 5.41) is 4.54. The average Bonchev–Trinajstić information content (AvgIpc) is 3.18. The highest BCUT2D eigenvalue weighted by Gasteiger charge is 2.30. The van der Waals surface area contributed by atoms with Gasteiger partial charge in [-0.3, -0.25) is 0 Å². The van der Waals surface area contributed by atoms with Gasteiger partial charge in [0.2, 0.25) is 5.95 Å². The van der Waals surface area contributed by atoms with Crippen molar-refractivity contribution in [3.8, 4) is 0 Å². The number of nitrogen functional groups attached to an aromatic ring is 1. The van der Waals surface area contributed by atoms with Crippen molar-refractivity contribution in [1.29, 1.82) is 0 Å². The van der Waals surface area contributed by atoms with Gasteiger partial charge in [0.1, 0.15) is 17.3 Å². The van der Waals surface area contributed by atoms with Crippen LogP contribution >= 0.6 is 0 Å². The van der Waals surface area contributed by atoms with E-state index < -0.39 is 0 Å². The third-order valence-electron chi connectivity index (χ3n) is 5.38. The molecule has 3 heterocycles. The lowest BCUT2D eigenvalue weighted by Crippen LogP contribution is -2.31. The van der Waals surface area contributed by atoms with E-state index in [1.54, 1.807) is 6.20 Å². The maximum Gasteiger partial charge on any atom is 0.221 e. The highest BCUT2D eigenvalue weighted by Crippen LogP contribution is 2.36. The van der Waals surface area contributed by atoms with Crippen LogP contribution in [0, 0.1) is 0 Å². The van der Waals surface area contributed by atoms with E-state index in [1.165, 1.54) is 11.1 Å². The van der Waals surface area contributed by atoms with Crippen LogP contribution < -0.4 is 10.6 Å². The molecule has 6 heteroatoms. The maximum absolute atomic E-state index is 5.79. The predicted molar refractivity (Wildman–Crippen MR) is 112 cm³/mol. The van der Waals surface area contributed by atoms with Crippen LogP contribution in [0.1, 0.15) is 34.1 Å². The normalized spacial score (nSPS) is 13.5. The van der Waals surface area contributed by atoms with E-state index >= 15 is 0 Å². The van der Waals surface area contributed by atoms with E-state index in [9.17, 15) is 0 Å². The lowest BCUT2D eigenvalue weighted by atomic mass is 9.85. The maximum atomic E-state index is 5.79. The Kier molecular flexibility index (Phi) is 4.44. The van der Waals surface area contributed by atoms with Crippen molar-refractivity contribution in [1.82, 2.24) is 15.1 Å². The number of nitrogens with zero attached hydrogens (tertiary/aromatic N) is 4. The van der Waals surface area contributed by atoms with Crippen LogP contribution in [0.2, 0.25) is 0 Å². The number of hydrogen-bond donors (Lipinski definition) is 1. The Hall–Kier alpha value is -3.67. The van der Waals surface area contributed by atoms with E-state index in [0.717, 1.165) is 35.8 Å². The molecule has 6 nitrogen and oxygen atoms in total.